The molecule has 0 amide bonds. The first-order chi connectivity index (χ1) is 8.63. The first-order valence-electron chi connectivity index (χ1n) is 5.73. The van der Waals surface area contributed by atoms with Crippen molar-refractivity contribution in [1.29, 1.82) is 0 Å². The Bertz CT molecular complexity index is 697. The molecular formula is C13H13N3O2. The van der Waals surface area contributed by atoms with Crippen molar-refractivity contribution in [1.82, 2.24) is 10.1 Å². The number of nitrogens with two attached hydrogens (primary N) is 1. The molecule has 0 aliphatic rings. The van der Waals surface area contributed by atoms with Crippen LogP contribution in [0.25, 0.3) is 22.6 Å². The second-order valence-corrected chi connectivity index (χ2v) is 4.40. The van der Waals surface area contributed by atoms with Crippen molar-refractivity contribution >= 4 is 11.0 Å². The Hall–Kier alpha value is -2.14. The van der Waals surface area contributed by atoms with Gasteiger partial charge in [0.15, 0.2) is 11.6 Å². The Morgan fingerprint density at radius 3 is 2.83 bits per heavy atom. The molecule has 0 saturated heterocycles. The van der Waals surface area contributed by atoms with Gasteiger partial charge in [-0.25, -0.2) is 0 Å². The van der Waals surface area contributed by atoms with Crippen LogP contribution in [0.15, 0.2) is 33.2 Å². The number of aromatic nitrogens is 2. The Labute approximate surface area is 104 Å². The maximum Gasteiger partial charge on any atom is 0.293 e. The maximum atomic E-state index is 5.68. The van der Waals surface area contributed by atoms with Crippen LogP contribution in [0.1, 0.15) is 24.4 Å². The summed E-state index contributed by atoms with van der Waals surface area (Å²) >= 11 is 0. The predicted molar refractivity (Wildman–Crippen MR) is 66.8 cm³/mol. The van der Waals surface area contributed by atoms with Gasteiger partial charge in [0.2, 0.25) is 0 Å². The third-order valence-corrected chi connectivity index (χ3v) is 2.73. The van der Waals surface area contributed by atoms with Crippen LogP contribution < -0.4 is 5.73 Å². The molecule has 2 N–H and O–H groups in total. The first-order valence-corrected chi connectivity index (χ1v) is 5.73. The van der Waals surface area contributed by atoms with E-state index in [0.717, 1.165) is 11.0 Å². The predicted octanol–water partition coefficient (Wildman–Crippen LogP) is 2.81. The number of aryl methyl sites for hydroxylation is 1. The van der Waals surface area contributed by atoms with Crippen LogP contribution >= 0.6 is 0 Å². The molecule has 1 aromatic carbocycles. The minimum Gasteiger partial charge on any atom is -0.451 e. The lowest BCUT2D eigenvalue weighted by atomic mass is 10.2. The first kappa shape index (κ1) is 11.0. The highest BCUT2D eigenvalue weighted by Crippen LogP contribution is 2.27. The fraction of sp³-hybridized carbons (Fsp3) is 0.231. The average Bonchev–Trinajstić information content (AvgIpc) is 2.93. The summed E-state index contributed by atoms with van der Waals surface area (Å²) in [6.07, 6.45) is 0. The number of rotatable bonds is 2. The zero-order valence-electron chi connectivity index (χ0n) is 10.2. The van der Waals surface area contributed by atoms with E-state index in [1.54, 1.807) is 6.92 Å². The lowest BCUT2D eigenvalue weighted by Gasteiger charge is -1.92. The fourth-order valence-electron chi connectivity index (χ4n) is 1.79. The summed E-state index contributed by atoms with van der Waals surface area (Å²) in [5, 5.41) is 4.83. The van der Waals surface area contributed by atoms with Gasteiger partial charge >= 0.3 is 0 Å². The number of hydrogen-bond acceptors (Lipinski definition) is 5. The molecule has 18 heavy (non-hydrogen) atoms. The van der Waals surface area contributed by atoms with Crippen LogP contribution in [0.2, 0.25) is 0 Å². The second kappa shape index (κ2) is 3.96. The summed E-state index contributed by atoms with van der Waals surface area (Å²) in [6, 6.07) is 7.61. The third kappa shape index (κ3) is 1.78. The Balaban J connectivity index is 2.07. The zero-order valence-corrected chi connectivity index (χ0v) is 10.2. The van der Waals surface area contributed by atoms with Gasteiger partial charge in [-0.3, -0.25) is 0 Å². The highest BCUT2D eigenvalue weighted by molar-refractivity contribution is 5.82. The third-order valence-electron chi connectivity index (χ3n) is 2.73. The average molecular weight is 243 g/mol. The molecule has 2 aromatic heterocycles. The van der Waals surface area contributed by atoms with Gasteiger partial charge in [0.05, 0.1) is 6.04 Å². The number of nitrogens with zero attached hydrogens (tertiary/aromatic N) is 2. The van der Waals surface area contributed by atoms with Crippen LogP contribution in [0.3, 0.4) is 0 Å². The summed E-state index contributed by atoms with van der Waals surface area (Å²) < 4.78 is 10.8. The molecule has 0 fully saturated rings. The quantitative estimate of drug-likeness (QED) is 0.748. The molecule has 92 valence electrons. The molecule has 3 aromatic rings. The van der Waals surface area contributed by atoms with E-state index in [1.165, 1.54) is 5.56 Å². The molecule has 3 rings (SSSR count). The van der Waals surface area contributed by atoms with Crippen molar-refractivity contribution < 1.29 is 8.94 Å². The van der Waals surface area contributed by atoms with Crippen LogP contribution in [0.4, 0.5) is 0 Å². The fourth-order valence-corrected chi connectivity index (χ4v) is 1.79. The van der Waals surface area contributed by atoms with E-state index in [4.69, 9.17) is 14.7 Å². The molecule has 1 atom stereocenters. The zero-order chi connectivity index (χ0) is 12.7. The molecule has 5 heteroatoms. The summed E-state index contributed by atoms with van der Waals surface area (Å²) in [5.41, 5.74) is 7.66. The van der Waals surface area contributed by atoms with Gasteiger partial charge in [-0.05, 0) is 32.0 Å². The molecule has 5 nitrogen and oxygen atoms in total. The largest absolute Gasteiger partial charge is 0.451 e. The van der Waals surface area contributed by atoms with Gasteiger partial charge < -0.3 is 14.7 Å². The molecule has 1 unspecified atom stereocenters. The van der Waals surface area contributed by atoms with Gasteiger partial charge in [-0.15, -0.1) is 0 Å². The van der Waals surface area contributed by atoms with E-state index < -0.39 is 0 Å². The lowest BCUT2D eigenvalue weighted by Crippen LogP contribution is -2.06. The monoisotopic (exact) mass is 243 g/mol. The number of hydrogen-bond donors (Lipinski definition) is 1. The highest BCUT2D eigenvalue weighted by atomic mass is 16.5. The Kier molecular flexibility index (Phi) is 2.41. The van der Waals surface area contributed by atoms with Gasteiger partial charge in [0, 0.05) is 5.39 Å². The molecule has 2 heterocycles. The van der Waals surface area contributed by atoms with E-state index in [0.29, 0.717) is 17.5 Å². The molecule has 0 bridgehead atoms. The molecule has 0 spiro atoms. The van der Waals surface area contributed by atoms with Gasteiger partial charge in [-0.2, -0.15) is 4.98 Å². The Morgan fingerprint density at radius 1 is 1.28 bits per heavy atom. The maximum absolute atomic E-state index is 5.68. The summed E-state index contributed by atoms with van der Waals surface area (Å²) in [7, 11) is 0. The minimum absolute atomic E-state index is 0.255. The van der Waals surface area contributed by atoms with Crippen LogP contribution in [0, 0.1) is 6.92 Å². The molecule has 0 aliphatic heterocycles. The van der Waals surface area contributed by atoms with Gasteiger partial charge in [0.25, 0.3) is 5.89 Å². The SMILES string of the molecule is Cc1ccc2oc(-c3nc(C(C)N)no3)cc2c1. The van der Waals surface area contributed by atoms with E-state index in [9.17, 15) is 0 Å². The summed E-state index contributed by atoms with van der Waals surface area (Å²) in [4.78, 5) is 4.20. The van der Waals surface area contributed by atoms with Crippen molar-refractivity contribution in [3.8, 4) is 11.7 Å². The van der Waals surface area contributed by atoms with Crippen LogP contribution in [-0.4, -0.2) is 10.1 Å². The number of benzene rings is 1. The summed E-state index contributed by atoms with van der Waals surface area (Å²) in [5.74, 6) is 1.40. The number of fused-ring (bicyclic) bond motifs is 1. The smallest absolute Gasteiger partial charge is 0.293 e. The van der Waals surface area contributed by atoms with Crippen molar-refractivity contribution in [3.05, 3.63) is 35.7 Å². The normalized spacial score (nSPS) is 13.1. The van der Waals surface area contributed by atoms with Crippen LogP contribution in [0.5, 0.6) is 0 Å². The van der Waals surface area contributed by atoms with Crippen molar-refractivity contribution in [3.63, 3.8) is 0 Å². The van der Waals surface area contributed by atoms with Crippen molar-refractivity contribution in [2.45, 2.75) is 19.9 Å². The Morgan fingerprint density at radius 2 is 2.11 bits per heavy atom. The standard InChI is InChI=1S/C13H13N3O2/c1-7-3-4-10-9(5-7)6-11(17-10)13-15-12(8(2)14)16-18-13/h3-6,8H,14H2,1-2H3. The molecular weight excluding hydrogens is 230 g/mol. The van der Waals surface area contributed by atoms with Crippen molar-refractivity contribution in [2.24, 2.45) is 5.73 Å². The van der Waals surface area contributed by atoms with E-state index in [2.05, 4.69) is 10.1 Å². The molecule has 0 saturated carbocycles. The topological polar surface area (TPSA) is 78.1 Å². The summed E-state index contributed by atoms with van der Waals surface area (Å²) in [6.45, 7) is 3.84. The molecule has 0 aliphatic carbocycles. The van der Waals surface area contributed by atoms with Gasteiger partial charge in [-0.1, -0.05) is 16.8 Å². The highest BCUT2D eigenvalue weighted by Gasteiger charge is 2.15. The van der Waals surface area contributed by atoms with Crippen LogP contribution in [-0.2, 0) is 0 Å². The van der Waals surface area contributed by atoms with E-state index in [-0.39, 0.29) is 6.04 Å². The lowest BCUT2D eigenvalue weighted by molar-refractivity contribution is 0.408. The van der Waals surface area contributed by atoms with Crippen molar-refractivity contribution in [2.75, 3.05) is 0 Å². The van der Waals surface area contributed by atoms with E-state index in [1.807, 2.05) is 31.2 Å². The molecule has 0 radical (unpaired) electrons. The van der Waals surface area contributed by atoms with E-state index >= 15 is 0 Å². The minimum atomic E-state index is -0.255. The second-order valence-electron chi connectivity index (χ2n) is 4.40. The van der Waals surface area contributed by atoms with Gasteiger partial charge in [0.1, 0.15) is 5.58 Å². The number of furan rings is 1.